The average Bonchev–Trinajstić information content (AvgIpc) is 2.69. The summed E-state index contributed by atoms with van der Waals surface area (Å²) < 4.78 is 5.44. The van der Waals surface area contributed by atoms with Crippen molar-refractivity contribution in [1.82, 2.24) is 4.98 Å². The summed E-state index contributed by atoms with van der Waals surface area (Å²) in [4.78, 5) is 19.5. The Morgan fingerprint density at radius 3 is 2.74 bits per heavy atom. The lowest BCUT2D eigenvalue weighted by molar-refractivity contribution is -0.117. The summed E-state index contributed by atoms with van der Waals surface area (Å²) in [5.41, 5.74) is 3.03. The van der Waals surface area contributed by atoms with Crippen LogP contribution in [0.4, 0.5) is 11.5 Å². The number of amides is 1. The fourth-order valence-corrected chi connectivity index (χ4v) is 4.27. The van der Waals surface area contributed by atoms with Crippen LogP contribution in [0.1, 0.15) is 44.1 Å². The van der Waals surface area contributed by atoms with Crippen molar-refractivity contribution in [3.05, 3.63) is 29.8 Å². The van der Waals surface area contributed by atoms with E-state index in [0.717, 1.165) is 48.7 Å². The number of pyridine rings is 1. The van der Waals surface area contributed by atoms with Crippen molar-refractivity contribution in [2.24, 2.45) is 5.92 Å². The Morgan fingerprint density at radius 2 is 1.96 bits per heavy atom. The highest BCUT2D eigenvalue weighted by Gasteiger charge is 2.18. The molecule has 1 amide bonds. The van der Waals surface area contributed by atoms with E-state index >= 15 is 0 Å². The van der Waals surface area contributed by atoms with Crippen molar-refractivity contribution < 1.29 is 9.53 Å². The Morgan fingerprint density at radius 1 is 1.19 bits per heavy atom. The smallest absolute Gasteiger partial charge is 0.224 e. The highest BCUT2D eigenvalue weighted by Crippen LogP contribution is 2.28. The van der Waals surface area contributed by atoms with Crippen LogP contribution in [-0.2, 0) is 9.53 Å². The molecule has 2 aliphatic rings. The third-order valence-electron chi connectivity index (χ3n) is 5.82. The summed E-state index contributed by atoms with van der Waals surface area (Å²) in [6.07, 6.45) is 6.89. The van der Waals surface area contributed by atoms with Gasteiger partial charge in [0.2, 0.25) is 5.91 Å². The molecule has 1 N–H and O–H groups in total. The van der Waals surface area contributed by atoms with Crippen LogP contribution in [0.15, 0.2) is 24.3 Å². The van der Waals surface area contributed by atoms with E-state index in [4.69, 9.17) is 9.72 Å². The van der Waals surface area contributed by atoms with E-state index in [-0.39, 0.29) is 5.91 Å². The van der Waals surface area contributed by atoms with Gasteiger partial charge < -0.3 is 15.0 Å². The van der Waals surface area contributed by atoms with Gasteiger partial charge in [-0.2, -0.15) is 0 Å². The average molecular weight is 367 g/mol. The lowest BCUT2D eigenvalue weighted by Crippen LogP contribution is -2.36. The lowest BCUT2D eigenvalue weighted by atomic mass is 9.87. The molecule has 27 heavy (non-hydrogen) atoms. The van der Waals surface area contributed by atoms with E-state index < -0.39 is 0 Å². The minimum Gasteiger partial charge on any atom is -0.378 e. The molecule has 5 nitrogen and oxygen atoms in total. The van der Waals surface area contributed by atoms with E-state index in [2.05, 4.69) is 29.3 Å². The Bertz CT molecular complexity index is 809. The Hall–Kier alpha value is -2.14. The SMILES string of the molecule is Cc1cc(N2CCOCC2)nc2ccc(NC(=O)CC3CCCCC3)cc12. The molecule has 2 aromatic rings. The fourth-order valence-electron chi connectivity index (χ4n) is 4.27. The van der Waals surface area contributed by atoms with Gasteiger partial charge in [-0.05, 0) is 55.5 Å². The highest BCUT2D eigenvalue weighted by atomic mass is 16.5. The van der Waals surface area contributed by atoms with Crippen LogP contribution >= 0.6 is 0 Å². The van der Waals surface area contributed by atoms with Gasteiger partial charge in [0.25, 0.3) is 0 Å². The quantitative estimate of drug-likeness (QED) is 0.876. The summed E-state index contributed by atoms with van der Waals surface area (Å²) in [7, 11) is 0. The van der Waals surface area contributed by atoms with Crippen molar-refractivity contribution in [3.8, 4) is 0 Å². The number of carbonyl (C=O) groups is 1. The first-order chi connectivity index (χ1) is 13.2. The molecule has 0 bridgehead atoms. The van der Waals surface area contributed by atoms with E-state index in [9.17, 15) is 4.79 Å². The number of morpholine rings is 1. The first-order valence-electron chi connectivity index (χ1n) is 10.2. The maximum atomic E-state index is 12.4. The van der Waals surface area contributed by atoms with Crippen LogP contribution < -0.4 is 10.2 Å². The number of anilines is 2. The van der Waals surface area contributed by atoms with Gasteiger partial charge in [-0.1, -0.05) is 19.3 Å². The zero-order valence-corrected chi connectivity index (χ0v) is 16.2. The number of hydrogen-bond donors (Lipinski definition) is 1. The van der Waals surface area contributed by atoms with Crippen LogP contribution in [0.5, 0.6) is 0 Å². The summed E-state index contributed by atoms with van der Waals surface area (Å²) >= 11 is 0. The largest absolute Gasteiger partial charge is 0.378 e. The van der Waals surface area contributed by atoms with Crippen LogP contribution in [0.2, 0.25) is 0 Å². The van der Waals surface area contributed by atoms with Crippen LogP contribution in [0, 0.1) is 12.8 Å². The number of benzene rings is 1. The Balaban J connectivity index is 1.48. The molecule has 0 unspecified atom stereocenters. The molecule has 1 aliphatic carbocycles. The van der Waals surface area contributed by atoms with Crippen molar-refractivity contribution in [2.45, 2.75) is 45.4 Å². The third-order valence-corrected chi connectivity index (χ3v) is 5.82. The monoisotopic (exact) mass is 367 g/mol. The number of aryl methyl sites for hydroxylation is 1. The summed E-state index contributed by atoms with van der Waals surface area (Å²) in [6, 6.07) is 8.18. The third kappa shape index (κ3) is 4.41. The number of ether oxygens (including phenoxy) is 1. The van der Waals surface area contributed by atoms with E-state index in [1.54, 1.807) is 0 Å². The highest BCUT2D eigenvalue weighted by molar-refractivity contribution is 5.94. The van der Waals surface area contributed by atoms with Gasteiger partial charge >= 0.3 is 0 Å². The zero-order chi connectivity index (χ0) is 18.6. The summed E-state index contributed by atoms with van der Waals surface area (Å²) in [5.74, 6) is 1.70. The van der Waals surface area contributed by atoms with Crippen molar-refractivity contribution >= 4 is 28.3 Å². The maximum Gasteiger partial charge on any atom is 0.224 e. The lowest BCUT2D eigenvalue weighted by Gasteiger charge is -2.28. The van der Waals surface area contributed by atoms with Gasteiger partial charge in [-0.25, -0.2) is 4.98 Å². The number of rotatable bonds is 4. The fraction of sp³-hybridized carbons (Fsp3) is 0.545. The molecule has 2 heterocycles. The van der Waals surface area contributed by atoms with Gasteiger partial charge in [-0.3, -0.25) is 4.79 Å². The van der Waals surface area contributed by atoms with E-state index in [0.29, 0.717) is 12.3 Å². The first-order valence-corrected chi connectivity index (χ1v) is 10.2. The molecule has 1 aliphatic heterocycles. The second kappa shape index (κ2) is 8.26. The summed E-state index contributed by atoms with van der Waals surface area (Å²) in [5, 5.41) is 4.19. The number of carbonyl (C=O) groups excluding carboxylic acids is 1. The Kier molecular flexibility index (Phi) is 5.58. The molecule has 2 fully saturated rings. The van der Waals surface area contributed by atoms with Gasteiger partial charge in [0.1, 0.15) is 5.82 Å². The van der Waals surface area contributed by atoms with Gasteiger partial charge in [0.05, 0.1) is 18.7 Å². The van der Waals surface area contributed by atoms with Gasteiger partial charge in [-0.15, -0.1) is 0 Å². The predicted molar refractivity (Wildman–Crippen MR) is 109 cm³/mol. The van der Waals surface area contributed by atoms with E-state index in [1.807, 2.05) is 12.1 Å². The molecule has 1 aromatic carbocycles. The minimum atomic E-state index is 0.136. The van der Waals surface area contributed by atoms with Crippen LogP contribution in [-0.4, -0.2) is 37.2 Å². The zero-order valence-electron chi connectivity index (χ0n) is 16.2. The summed E-state index contributed by atoms with van der Waals surface area (Å²) in [6.45, 7) is 5.39. The predicted octanol–water partition coefficient (Wildman–Crippen LogP) is 4.29. The molecule has 1 saturated heterocycles. The normalized spacial score (nSPS) is 18.6. The maximum absolute atomic E-state index is 12.4. The van der Waals surface area contributed by atoms with Gasteiger partial charge in [0.15, 0.2) is 0 Å². The van der Waals surface area contributed by atoms with E-state index in [1.165, 1.54) is 37.7 Å². The number of hydrogen-bond acceptors (Lipinski definition) is 4. The standard InChI is InChI=1S/C22H29N3O2/c1-16-13-21(25-9-11-27-12-10-25)24-20-8-7-18(15-19(16)20)23-22(26)14-17-5-3-2-4-6-17/h7-8,13,15,17H,2-6,9-12,14H2,1H3,(H,23,26). The molecule has 0 spiro atoms. The molecule has 1 saturated carbocycles. The topological polar surface area (TPSA) is 54.5 Å². The van der Waals surface area contributed by atoms with Gasteiger partial charge in [0, 0.05) is 30.6 Å². The van der Waals surface area contributed by atoms with Crippen molar-refractivity contribution in [1.29, 1.82) is 0 Å². The minimum absolute atomic E-state index is 0.136. The molecule has 5 heteroatoms. The molecular weight excluding hydrogens is 338 g/mol. The number of nitrogens with one attached hydrogen (secondary N) is 1. The van der Waals surface area contributed by atoms with Crippen LogP contribution in [0.25, 0.3) is 10.9 Å². The first kappa shape index (κ1) is 18.2. The molecule has 1 aromatic heterocycles. The van der Waals surface area contributed by atoms with Crippen LogP contribution in [0.3, 0.4) is 0 Å². The number of fused-ring (bicyclic) bond motifs is 1. The molecule has 0 radical (unpaired) electrons. The molecular formula is C22H29N3O2. The van der Waals surface area contributed by atoms with Crippen molar-refractivity contribution in [2.75, 3.05) is 36.5 Å². The number of nitrogens with zero attached hydrogens (tertiary/aromatic N) is 2. The molecule has 144 valence electrons. The second-order valence-corrected chi connectivity index (χ2v) is 7.89. The number of aromatic nitrogens is 1. The Labute approximate surface area is 161 Å². The molecule has 4 rings (SSSR count). The van der Waals surface area contributed by atoms with Crippen molar-refractivity contribution in [3.63, 3.8) is 0 Å². The molecule has 0 atom stereocenters. The second-order valence-electron chi connectivity index (χ2n) is 7.89.